The number of amides is 1. The van der Waals surface area contributed by atoms with Crippen molar-refractivity contribution < 1.29 is 14.6 Å². The Kier molecular flexibility index (Phi) is 4.80. The summed E-state index contributed by atoms with van der Waals surface area (Å²) in [6, 6.07) is 6.95. The fraction of sp³-hybridized carbons (Fsp3) is 0.533. The van der Waals surface area contributed by atoms with Crippen LogP contribution in [0.5, 0.6) is 5.75 Å². The van der Waals surface area contributed by atoms with Crippen LogP contribution < -0.4 is 10.1 Å². The van der Waals surface area contributed by atoms with Crippen molar-refractivity contribution in [3.05, 3.63) is 29.8 Å². The predicted octanol–water partition coefficient (Wildman–Crippen LogP) is 2.12. The molecule has 4 heteroatoms. The Morgan fingerprint density at radius 1 is 1.32 bits per heavy atom. The highest BCUT2D eigenvalue weighted by molar-refractivity contribution is 5.94. The lowest BCUT2D eigenvalue weighted by atomic mass is 9.92. The molecule has 0 aliphatic heterocycles. The van der Waals surface area contributed by atoms with E-state index < -0.39 is 6.10 Å². The first-order chi connectivity index (χ1) is 9.20. The molecule has 1 amide bonds. The lowest BCUT2D eigenvalue weighted by Gasteiger charge is -2.28. The second-order valence-electron chi connectivity index (χ2n) is 4.89. The van der Waals surface area contributed by atoms with Gasteiger partial charge in [-0.05, 0) is 44.0 Å². The molecule has 2 unspecified atom stereocenters. The van der Waals surface area contributed by atoms with Crippen LogP contribution in [0.2, 0.25) is 0 Å². The Bertz CT molecular complexity index is 416. The Labute approximate surface area is 113 Å². The largest absolute Gasteiger partial charge is 0.494 e. The second kappa shape index (κ2) is 6.57. The van der Waals surface area contributed by atoms with Crippen LogP contribution in [0.3, 0.4) is 0 Å². The topological polar surface area (TPSA) is 58.6 Å². The fourth-order valence-electron chi connectivity index (χ4n) is 2.40. The van der Waals surface area contributed by atoms with Crippen LogP contribution in [-0.2, 0) is 0 Å². The predicted molar refractivity (Wildman–Crippen MR) is 73.3 cm³/mol. The summed E-state index contributed by atoms with van der Waals surface area (Å²) in [5, 5.41) is 12.8. The first-order valence-electron chi connectivity index (χ1n) is 6.92. The van der Waals surface area contributed by atoms with E-state index in [1.165, 1.54) is 0 Å². The zero-order chi connectivity index (χ0) is 13.7. The molecular weight excluding hydrogens is 242 g/mol. The van der Waals surface area contributed by atoms with Gasteiger partial charge in [0.25, 0.3) is 5.91 Å². The maximum absolute atomic E-state index is 12.1. The number of hydrogen-bond donors (Lipinski definition) is 2. The molecule has 19 heavy (non-hydrogen) atoms. The number of ether oxygens (including phenoxy) is 1. The molecule has 1 aromatic rings. The molecule has 0 aromatic heterocycles. The number of rotatable bonds is 4. The third-order valence-corrected chi connectivity index (χ3v) is 3.47. The molecule has 1 aromatic carbocycles. The van der Waals surface area contributed by atoms with Crippen molar-refractivity contribution in [1.82, 2.24) is 5.32 Å². The first-order valence-corrected chi connectivity index (χ1v) is 6.92. The van der Waals surface area contributed by atoms with E-state index in [0.29, 0.717) is 12.2 Å². The zero-order valence-electron chi connectivity index (χ0n) is 11.3. The van der Waals surface area contributed by atoms with E-state index in [1.807, 2.05) is 6.92 Å². The van der Waals surface area contributed by atoms with Crippen LogP contribution in [-0.4, -0.2) is 29.8 Å². The molecule has 0 heterocycles. The molecule has 2 rings (SSSR count). The highest BCUT2D eigenvalue weighted by Gasteiger charge is 2.24. The first kappa shape index (κ1) is 13.9. The summed E-state index contributed by atoms with van der Waals surface area (Å²) in [5.41, 5.74) is 0.598. The van der Waals surface area contributed by atoms with E-state index in [-0.39, 0.29) is 11.9 Å². The van der Waals surface area contributed by atoms with Crippen LogP contribution >= 0.6 is 0 Å². The third kappa shape index (κ3) is 3.70. The van der Waals surface area contributed by atoms with Gasteiger partial charge in [0.15, 0.2) is 0 Å². The highest BCUT2D eigenvalue weighted by atomic mass is 16.5. The van der Waals surface area contributed by atoms with Gasteiger partial charge in [0.2, 0.25) is 0 Å². The van der Waals surface area contributed by atoms with Gasteiger partial charge in [-0.25, -0.2) is 0 Å². The van der Waals surface area contributed by atoms with Crippen LogP contribution in [0.1, 0.15) is 43.0 Å². The quantitative estimate of drug-likeness (QED) is 0.874. The summed E-state index contributed by atoms with van der Waals surface area (Å²) < 4.78 is 5.34. The summed E-state index contributed by atoms with van der Waals surface area (Å²) in [5.74, 6) is 0.630. The van der Waals surface area contributed by atoms with Gasteiger partial charge >= 0.3 is 0 Å². The van der Waals surface area contributed by atoms with Crippen molar-refractivity contribution in [2.45, 2.75) is 44.8 Å². The second-order valence-corrected chi connectivity index (χ2v) is 4.89. The molecule has 104 valence electrons. The Hall–Kier alpha value is -1.55. The van der Waals surface area contributed by atoms with Gasteiger partial charge in [-0.1, -0.05) is 12.8 Å². The molecule has 2 N–H and O–H groups in total. The minimum atomic E-state index is -0.416. The minimum absolute atomic E-state index is 0.118. The molecule has 1 aliphatic rings. The number of aliphatic hydroxyl groups is 1. The third-order valence-electron chi connectivity index (χ3n) is 3.47. The van der Waals surface area contributed by atoms with Crippen molar-refractivity contribution in [3.8, 4) is 5.75 Å². The molecule has 2 atom stereocenters. The monoisotopic (exact) mass is 263 g/mol. The van der Waals surface area contributed by atoms with Crippen molar-refractivity contribution in [2.75, 3.05) is 6.61 Å². The summed E-state index contributed by atoms with van der Waals surface area (Å²) in [6.45, 7) is 2.53. The van der Waals surface area contributed by atoms with Crippen molar-refractivity contribution in [2.24, 2.45) is 0 Å². The van der Waals surface area contributed by atoms with E-state index in [4.69, 9.17) is 4.74 Å². The molecule has 0 radical (unpaired) electrons. The molecule has 1 fully saturated rings. The van der Waals surface area contributed by atoms with Crippen LogP contribution in [0.4, 0.5) is 0 Å². The molecule has 1 aliphatic carbocycles. The number of carbonyl (C=O) groups is 1. The SMILES string of the molecule is CCOc1ccc(C(=O)NC2CCCCC2O)cc1. The summed E-state index contributed by atoms with van der Waals surface area (Å²) in [4.78, 5) is 12.1. The zero-order valence-corrected chi connectivity index (χ0v) is 11.3. The van der Waals surface area contributed by atoms with Crippen molar-refractivity contribution in [3.63, 3.8) is 0 Å². The van der Waals surface area contributed by atoms with Gasteiger partial charge in [0.1, 0.15) is 5.75 Å². The smallest absolute Gasteiger partial charge is 0.251 e. The molecule has 0 bridgehead atoms. The average molecular weight is 263 g/mol. The van der Waals surface area contributed by atoms with Gasteiger partial charge in [0.05, 0.1) is 18.8 Å². The minimum Gasteiger partial charge on any atom is -0.494 e. The summed E-state index contributed by atoms with van der Waals surface area (Å²) >= 11 is 0. The maximum atomic E-state index is 12.1. The number of nitrogens with one attached hydrogen (secondary N) is 1. The maximum Gasteiger partial charge on any atom is 0.251 e. The van der Waals surface area contributed by atoms with E-state index >= 15 is 0 Å². The Morgan fingerprint density at radius 2 is 2.00 bits per heavy atom. The molecular formula is C15H21NO3. The molecule has 4 nitrogen and oxygen atoms in total. The number of hydrogen-bond acceptors (Lipinski definition) is 3. The summed E-state index contributed by atoms with van der Waals surface area (Å²) in [7, 11) is 0. The lowest BCUT2D eigenvalue weighted by Crippen LogP contribution is -2.45. The van der Waals surface area contributed by atoms with Gasteiger partial charge in [0, 0.05) is 5.56 Å². The Morgan fingerprint density at radius 3 is 2.63 bits per heavy atom. The van der Waals surface area contributed by atoms with Crippen LogP contribution in [0.25, 0.3) is 0 Å². The van der Waals surface area contributed by atoms with Gasteiger partial charge < -0.3 is 15.2 Å². The van der Waals surface area contributed by atoms with Crippen molar-refractivity contribution in [1.29, 1.82) is 0 Å². The number of aliphatic hydroxyl groups excluding tert-OH is 1. The van der Waals surface area contributed by atoms with E-state index in [1.54, 1.807) is 24.3 Å². The van der Waals surface area contributed by atoms with Crippen molar-refractivity contribution >= 4 is 5.91 Å². The normalized spacial score (nSPS) is 22.8. The molecule has 0 saturated heterocycles. The van der Waals surface area contributed by atoms with E-state index in [2.05, 4.69) is 5.32 Å². The summed E-state index contributed by atoms with van der Waals surface area (Å²) in [6.07, 6.45) is 3.31. The lowest BCUT2D eigenvalue weighted by molar-refractivity contribution is 0.0717. The van der Waals surface area contributed by atoms with Gasteiger partial charge in [-0.2, -0.15) is 0 Å². The fourth-order valence-corrected chi connectivity index (χ4v) is 2.40. The molecule has 0 spiro atoms. The van der Waals surface area contributed by atoms with E-state index in [9.17, 15) is 9.90 Å². The Balaban J connectivity index is 1.95. The van der Waals surface area contributed by atoms with Gasteiger partial charge in [-0.3, -0.25) is 4.79 Å². The number of carbonyl (C=O) groups excluding carboxylic acids is 1. The van der Waals surface area contributed by atoms with E-state index in [0.717, 1.165) is 31.4 Å². The van der Waals surface area contributed by atoms with Gasteiger partial charge in [-0.15, -0.1) is 0 Å². The number of benzene rings is 1. The standard InChI is InChI=1S/C15H21NO3/c1-2-19-12-9-7-11(8-10-12)15(18)16-13-5-3-4-6-14(13)17/h7-10,13-14,17H,2-6H2,1H3,(H,16,18). The van der Waals surface area contributed by atoms with Crippen LogP contribution in [0.15, 0.2) is 24.3 Å². The molecule has 1 saturated carbocycles. The highest BCUT2D eigenvalue weighted by Crippen LogP contribution is 2.19. The average Bonchev–Trinajstić information content (AvgIpc) is 2.42. The van der Waals surface area contributed by atoms with Crippen LogP contribution in [0, 0.1) is 0 Å².